The minimum Gasteiger partial charge on any atom is -0.385 e. The SMILES string of the molecule is CC(=O)NC1=CC2=CC(O)C=C[C@]2(C)[C@@H]2CC[C@]3(C)C(NC(C)=O)CC[C@H]3[C@H]12. The van der Waals surface area contributed by atoms with Crippen LogP contribution in [0.3, 0.4) is 0 Å². The molecule has 2 fully saturated rings. The first-order valence-corrected chi connectivity index (χ1v) is 10.5. The number of hydrogen-bond acceptors (Lipinski definition) is 3. The Morgan fingerprint density at radius 1 is 1.11 bits per heavy atom. The molecule has 0 aliphatic heterocycles. The third-order valence-electron chi connectivity index (χ3n) is 8.02. The maximum absolute atomic E-state index is 12.0. The molecule has 0 spiro atoms. The number of rotatable bonds is 2. The van der Waals surface area contributed by atoms with Crippen LogP contribution in [0.25, 0.3) is 0 Å². The summed E-state index contributed by atoms with van der Waals surface area (Å²) in [6.07, 6.45) is 11.7. The first-order valence-electron chi connectivity index (χ1n) is 10.5. The van der Waals surface area contributed by atoms with Crippen molar-refractivity contribution >= 4 is 11.8 Å². The van der Waals surface area contributed by atoms with Crippen molar-refractivity contribution in [3.63, 3.8) is 0 Å². The number of nitrogens with one attached hydrogen (secondary N) is 2. The molecule has 5 nitrogen and oxygen atoms in total. The molecule has 0 aromatic rings. The van der Waals surface area contributed by atoms with Gasteiger partial charge in [-0.25, -0.2) is 0 Å². The van der Waals surface area contributed by atoms with E-state index in [-0.39, 0.29) is 34.6 Å². The van der Waals surface area contributed by atoms with E-state index in [9.17, 15) is 14.7 Å². The van der Waals surface area contributed by atoms with Crippen LogP contribution in [-0.2, 0) is 9.59 Å². The van der Waals surface area contributed by atoms with Gasteiger partial charge in [0, 0.05) is 36.9 Å². The molecule has 152 valence electrons. The van der Waals surface area contributed by atoms with Crippen LogP contribution in [0.4, 0.5) is 0 Å². The van der Waals surface area contributed by atoms with Gasteiger partial charge in [0.1, 0.15) is 0 Å². The van der Waals surface area contributed by atoms with Crippen LogP contribution in [0.5, 0.6) is 0 Å². The highest BCUT2D eigenvalue weighted by Crippen LogP contribution is 2.64. The van der Waals surface area contributed by atoms with Crippen molar-refractivity contribution in [1.82, 2.24) is 10.6 Å². The summed E-state index contributed by atoms with van der Waals surface area (Å²) in [5, 5.41) is 16.4. The van der Waals surface area contributed by atoms with Crippen molar-refractivity contribution in [1.29, 1.82) is 0 Å². The van der Waals surface area contributed by atoms with E-state index in [2.05, 4.69) is 36.6 Å². The highest BCUT2D eigenvalue weighted by molar-refractivity contribution is 5.75. The minimum absolute atomic E-state index is 0.0386. The molecule has 2 amide bonds. The summed E-state index contributed by atoms with van der Waals surface area (Å²) in [7, 11) is 0. The third-order valence-corrected chi connectivity index (χ3v) is 8.02. The molecule has 4 aliphatic rings. The fourth-order valence-corrected chi connectivity index (χ4v) is 6.67. The van der Waals surface area contributed by atoms with Gasteiger partial charge >= 0.3 is 0 Å². The molecule has 0 saturated heterocycles. The number of fused-ring (bicyclic) bond motifs is 5. The summed E-state index contributed by atoms with van der Waals surface area (Å²) in [6.45, 7) is 7.75. The molecule has 4 rings (SSSR count). The summed E-state index contributed by atoms with van der Waals surface area (Å²) in [5.74, 6) is 1.04. The lowest BCUT2D eigenvalue weighted by Crippen LogP contribution is -2.54. The van der Waals surface area contributed by atoms with Gasteiger partial charge in [0.2, 0.25) is 11.8 Å². The Labute approximate surface area is 167 Å². The molecule has 5 heteroatoms. The summed E-state index contributed by atoms with van der Waals surface area (Å²) in [4.78, 5) is 23.7. The lowest BCUT2D eigenvalue weighted by molar-refractivity contribution is -0.121. The number of carbonyl (C=O) groups excluding carboxylic acids is 2. The van der Waals surface area contributed by atoms with E-state index in [4.69, 9.17) is 0 Å². The molecule has 0 radical (unpaired) electrons. The second-order valence-electron chi connectivity index (χ2n) is 9.65. The van der Waals surface area contributed by atoms with Crippen LogP contribution in [0.1, 0.15) is 53.4 Å². The van der Waals surface area contributed by atoms with Gasteiger partial charge in [-0.15, -0.1) is 0 Å². The summed E-state index contributed by atoms with van der Waals surface area (Å²) < 4.78 is 0. The molecule has 0 aromatic heterocycles. The monoisotopic (exact) mass is 384 g/mol. The molecule has 7 atom stereocenters. The molecule has 2 saturated carbocycles. The first kappa shape index (κ1) is 19.4. The zero-order valence-electron chi connectivity index (χ0n) is 17.3. The molecule has 0 heterocycles. The molecular formula is C23H32N2O3. The maximum Gasteiger partial charge on any atom is 0.221 e. The van der Waals surface area contributed by atoms with E-state index >= 15 is 0 Å². The quantitative estimate of drug-likeness (QED) is 0.641. The van der Waals surface area contributed by atoms with E-state index in [0.29, 0.717) is 11.8 Å². The van der Waals surface area contributed by atoms with Gasteiger partial charge in [0.05, 0.1) is 6.10 Å². The topological polar surface area (TPSA) is 78.4 Å². The van der Waals surface area contributed by atoms with Gasteiger partial charge in [0.15, 0.2) is 0 Å². The Bertz CT molecular complexity index is 798. The van der Waals surface area contributed by atoms with Crippen LogP contribution in [0.15, 0.2) is 35.6 Å². The zero-order valence-corrected chi connectivity index (χ0v) is 17.3. The average Bonchev–Trinajstić information content (AvgIpc) is 2.92. The number of aliphatic hydroxyl groups is 1. The van der Waals surface area contributed by atoms with Crippen LogP contribution in [-0.4, -0.2) is 29.1 Å². The van der Waals surface area contributed by atoms with Crippen molar-refractivity contribution in [2.24, 2.45) is 28.6 Å². The lowest BCUT2D eigenvalue weighted by atomic mass is 9.49. The molecule has 3 N–H and O–H groups in total. The van der Waals surface area contributed by atoms with Crippen molar-refractivity contribution < 1.29 is 14.7 Å². The fraction of sp³-hybridized carbons (Fsp3) is 0.652. The van der Waals surface area contributed by atoms with Gasteiger partial charge in [-0.2, -0.15) is 0 Å². The van der Waals surface area contributed by atoms with Crippen molar-refractivity contribution in [2.75, 3.05) is 0 Å². The Hall–Kier alpha value is -1.88. The van der Waals surface area contributed by atoms with E-state index in [1.54, 1.807) is 13.8 Å². The van der Waals surface area contributed by atoms with Gasteiger partial charge in [0.25, 0.3) is 0 Å². The number of allylic oxidation sites excluding steroid dienone is 4. The Balaban J connectivity index is 1.77. The molecule has 28 heavy (non-hydrogen) atoms. The van der Waals surface area contributed by atoms with E-state index < -0.39 is 6.10 Å². The Morgan fingerprint density at radius 2 is 1.86 bits per heavy atom. The number of amides is 2. The molecular weight excluding hydrogens is 352 g/mol. The summed E-state index contributed by atoms with van der Waals surface area (Å²) in [5.41, 5.74) is 2.01. The molecule has 4 aliphatic carbocycles. The average molecular weight is 385 g/mol. The van der Waals surface area contributed by atoms with Crippen molar-refractivity contribution in [3.05, 3.63) is 35.6 Å². The van der Waals surface area contributed by atoms with E-state index in [1.807, 2.05) is 12.2 Å². The van der Waals surface area contributed by atoms with Crippen molar-refractivity contribution in [2.45, 2.75) is 65.5 Å². The third kappa shape index (κ3) is 2.86. The Morgan fingerprint density at radius 3 is 2.54 bits per heavy atom. The van der Waals surface area contributed by atoms with Crippen LogP contribution in [0.2, 0.25) is 0 Å². The minimum atomic E-state index is -0.570. The first-order chi connectivity index (χ1) is 13.1. The predicted octanol–water partition coefficient (Wildman–Crippen LogP) is 2.83. The standard InChI is InChI=1S/C23H32N2O3/c1-13(26)24-19-12-15-11-16(28)7-9-22(15,3)18-8-10-23(4)17(21(18)19)5-6-20(23)25-14(2)27/h7,9,11-12,16-18,20-21,28H,5-6,8,10H2,1-4H3,(H,24,26)(H,25,27)/t16?,17-,18+,20?,21-,22-,23-/m0/s1. The summed E-state index contributed by atoms with van der Waals surface area (Å²) in [6, 6.07) is 0.197. The normalized spacial score (nSPS) is 43.8. The number of carbonyl (C=O) groups is 2. The van der Waals surface area contributed by atoms with Gasteiger partial charge < -0.3 is 15.7 Å². The zero-order chi connectivity index (χ0) is 20.3. The lowest BCUT2D eigenvalue weighted by Gasteiger charge is -2.56. The largest absolute Gasteiger partial charge is 0.385 e. The van der Waals surface area contributed by atoms with E-state index in [1.165, 1.54) is 0 Å². The molecule has 2 unspecified atom stereocenters. The van der Waals surface area contributed by atoms with Gasteiger partial charge in [-0.05, 0) is 60.7 Å². The summed E-state index contributed by atoms with van der Waals surface area (Å²) >= 11 is 0. The fourth-order valence-electron chi connectivity index (χ4n) is 6.67. The highest BCUT2D eigenvalue weighted by atomic mass is 16.3. The molecule has 0 bridgehead atoms. The van der Waals surface area contributed by atoms with Crippen LogP contribution < -0.4 is 10.6 Å². The smallest absolute Gasteiger partial charge is 0.221 e. The van der Waals surface area contributed by atoms with Crippen molar-refractivity contribution in [3.8, 4) is 0 Å². The highest BCUT2D eigenvalue weighted by Gasteiger charge is 2.59. The molecule has 0 aromatic carbocycles. The number of hydrogen-bond donors (Lipinski definition) is 3. The van der Waals surface area contributed by atoms with Crippen LogP contribution >= 0.6 is 0 Å². The second kappa shape index (κ2) is 6.58. The van der Waals surface area contributed by atoms with Crippen LogP contribution in [0, 0.1) is 28.6 Å². The second-order valence-corrected chi connectivity index (χ2v) is 9.65. The van der Waals surface area contributed by atoms with E-state index in [0.717, 1.165) is 37.0 Å². The van der Waals surface area contributed by atoms with Gasteiger partial charge in [-0.3, -0.25) is 9.59 Å². The Kier molecular flexibility index (Phi) is 4.57. The number of aliphatic hydroxyl groups excluding tert-OH is 1. The predicted molar refractivity (Wildman–Crippen MR) is 108 cm³/mol. The maximum atomic E-state index is 12.0. The van der Waals surface area contributed by atoms with Gasteiger partial charge in [-0.1, -0.05) is 26.0 Å².